The average Bonchev–Trinajstić information content (AvgIpc) is 2.96. The molecule has 2 N–H and O–H groups in total. The van der Waals surface area contributed by atoms with E-state index in [-0.39, 0.29) is 0 Å². The molecule has 0 radical (unpaired) electrons. The number of alkyl halides is 3. The fourth-order valence-electron chi connectivity index (χ4n) is 2.73. The van der Waals surface area contributed by atoms with Crippen LogP contribution in [0.4, 0.5) is 33.5 Å². The number of nitrogens with zero attached hydrogens (tertiary/aromatic N) is 1. The molecule has 3 nitrogen and oxygen atoms in total. The first kappa shape index (κ1) is 16.3. The maximum atomic E-state index is 13.5. The van der Waals surface area contributed by atoms with Crippen molar-refractivity contribution in [1.82, 2.24) is 9.97 Å². The molecule has 0 aliphatic heterocycles. The molecule has 132 valence electrons. The van der Waals surface area contributed by atoms with Crippen LogP contribution >= 0.6 is 0 Å². The van der Waals surface area contributed by atoms with Gasteiger partial charge >= 0.3 is 6.18 Å². The lowest BCUT2D eigenvalue weighted by atomic mass is 10.1. The highest BCUT2D eigenvalue weighted by Crippen LogP contribution is 2.32. The van der Waals surface area contributed by atoms with E-state index in [1.165, 1.54) is 24.4 Å². The average molecular weight is 363 g/mol. The summed E-state index contributed by atoms with van der Waals surface area (Å²) in [5.41, 5.74) is 0.501. The van der Waals surface area contributed by atoms with Crippen LogP contribution in [0.15, 0.2) is 48.7 Å². The predicted molar refractivity (Wildman–Crippen MR) is 88.2 cm³/mol. The number of benzene rings is 2. The number of pyridine rings is 1. The Labute approximate surface area is 143 Å². The molecule has 0 unspecified atom stereocenters. The van der Waals surface area contributed by atoms with Crippen molar-refractivity contribution >= 4 is 33.3 Å². The monoisotopic (exact) mass is 363 g/mol. The van der Waals surface area contributed by atoms with Crippen LogP contribution in [0.25, 0.3) is 21.8 Å². The van der Waals surface area contributed by atoms with E-state index >= 15 is 0 Å². The number of anilines is 2. The van der Waals surface area contributed by atoms with E-state index in [0.717, 1.165) is 24.3 Å². The number of aromatic amines is 1. The van der Waals surface area contributed by atoms with Crippen molar-refractivity contribution < 1.29 is 22.0 Å². The third-order valence-electron chi connectivity index (χ3n) is 4.00. The summed E-state index contributed by atoms with van der Waals surface area (Å²) >= 11 is 0. The molecule has 0 saturated heterocycles. The number of hydrogen-bond acceptors (Lipinski definition) is 2. The Morgan fingerprint density at radius 1 is 0.923 bits per heavy atom. The lowest BCUT2D eigenvalue weighted by Crippen LogP contribution is -2.04. The summed E-state index contributed by atoms with van der Waals surface area (Å²) in [5.74, 6) is -1.58. The van der Waals surface area contributed by atoms with Crippen molar-refractivity contribution in [3.05, 3.63) is 65.9 Å². The Morgan fingerprint density at radius 3 is 2.46 bits per heavy atom. The second-order valence-corrected chi connectivity index (χ2v) is 5.74. The molecule has 0 spiro atoms. The maximum absolute atomic E-state index is 13.5. The van der Waals surface area contributed by atoms with Gasteiger partial charge in [0.15, 0.2) is 11.6 Å². The zero-order chi connectivity index (χ0) is 18.5. The van der Waals surface area contributed by atoms with Crippen LogP contribution in [-0.4, -0.2) is 9.97 Å². The SMILES string of the molecule is Fc1cc2[nH]cc(Nc3ccc4cc(C(F)(F)F)ccc4n3)c2cc1F. The number of fused-ring (bicyclic) bond motifs is 2. The quantitative estimate of drug-likeness (QED) is 0.445. The van der Waals surface area contributed by atoms with Crippen molar-refractivity contribution in [3.63, 3.8) is 0 Å². The van der Waals surface area contributed by atoms with E-state index in [1.54, 1.807) is 0 Å². The van der Waals surface area contributed by atoms with Crippen LogP contribution in [0.3, 0.4) is 0 Å². The molecule has 2 heterocycles. The Morgan fingerprint density at radius 2 is 1.69 bits per heavy atom. The van der Waals surface area contributed by atoms with Gasteiger partial charge in [-0.15, -0.1) is 0 Å². The molecule has 0 aliphatic rings. The van der Waals surface area contributed by atoms with Crippen molar-refractivity contribution in [2.24, 2.45) is 0 Å². The van der Waals surface area contributed by atoms with Crippen molar-refractivity contribution in [3.8, 4) is 0 Å². The minimum Gasteiger partial charge on any atom is -0.359 e. The smallest absolute Gasteiger partial charge is 0.359 e. The van der Waals surface area contributed by atoms with Gasteiger partial charge in [-0.05, 0) is 36.4 Å². The highest BCUT2D eigenvalue weighted by Gasteiger charge is 2.30. The van der Waals surface area contributed by atoms with Gasteiger partial charge in [0.05, 0.1) is 22.3 Å². The molecule has 0 amide bonds. The van der Waals surface area contributed by atoms with Crippen LogP contribution in [0.2, 0.25) is 0 Å². The standard InChI is InChI=1S/C18H10F5N3/c19-12-6-11-15(7-13(12)20)24-8-16(11)26-17-4-1-9-5-10(18(21,22)23)2-3-14(9)25-17/h1-8,24H,(H,25,26). The Bertz CT molecular complexity index is 1130. The van der Waals surface area contributed by atoms with E-state index in [9.17, 15) is 22.0 Å². The first-order valence-electron chi connectivity index (χ1n) is 7.52. The summed E-state index contributed by atoms with van der Waals surface area (Å²) < 4.78 is 65.0. The van der Waals surface area contributed by atoms with Crippen molar-refractivity contribution in [2.45, 2.75) is 6.18 Å². The van der Waals surface area contributed by atoms with Gasteiger partial charge < -0.3 is 10.3 Å². The van der Waals surface area contributed by atoms with E-state index < -0.39 is 23.4 Å². The van der Waals surface area contributed by atoms with Gasteiger partial charge in [-0.1, -0.05) is 0 Å². The minimum atomic E-state index is -4.42. The number of H-pyrrole nitrogens is 1. The van der Waals surface area contributed by atoms with Crippen LogP contribution in [0.1, 0.15) is 5.56 Å². The zero-order valence-corrected chi connectivity index (χ0v) is 13.0. The van der Waals surface area contributed by atoms with Gasteiger partial charge in [-0.3, -0.25) is 0 Å². The number of nitrogens with one attached hydrogen (secondary N) is 2. The number of halogens is 5. The molecule has 2 aromatic carbocycles. The van der Waals surface area contributed by atoms with Crippen molar-refractivity contribution in [1.29, 1.82) is 0 Å². The molecule has 2 aromatic heterocycles. The minimum absolute atomic E-state index is 0.345. The Balaban J connectivity index is 1.71. The van der Waals surface area contributed by atoms with E-state index in [1.807, 2.05) is 0 Å². The molecule has 0 bridgehead atoms. The molecule has 0 aliphatic carbocycles. The largest absolute Gasteiger partial charge is 0.416 e. The summed E-state index contributed by atoms with van der Waals surface area (Å²) in [6.07, 6.45) is -2.89. The fraction of sp³-hybridized carbons (Fsp3) is 0.0556. The molecule has 0 atom stereocenters. The molecule has 4 rings (SSSR count). The molecular weight excluding hydrogens is 353 g/mol. The number of rotatable bonds is 2. The molecular formula is C18H10F5N3. The zero-order valence-electron chi connectivity index (χ0n) is 13.0. The Kier molecular flexibility index (Phi) is 3.57. The summed E-state index contributed by atoms with van der Waals surface area (Å²) in [4.78, 5) is 7.08. The van der Waals surface area contributed by atoms with Gasteiger partial charge in [0, 0.05) is 23.0 Å². The second-order valence-electron chi connectivity index (χ2n) is 5.74. The molecule has 0 fully saturated rings. The fourth-order valence-corrected chi connectivity index (χ4v) is 2.73. The van der Waals surface area contributed by atoms with E-state index in [2.05, 4.69) is 15.3 Å². The molecule has 4 aromatic rings. The lowest BCUT2D eigenvalue weighted by Gasteiger charge is -2.09. The number of hydrogen-bond donors (Lipinski definition) is 2. The van der Waals surface area contributed by atoms with Crippen LogP contribution < -0.4 is 5.32 Å². The summed E-state index contributed by atoms with van der Waals surface area (Å²) in [5, 5.41) is 3.73. The maximum Gasteiger partial charge on any atom is 0.416 e. The van der Waals surface area contributed by atoms with Crippen molar-refractivity contribution in [2.75, 3.05) is 5.32 Å². The lowest BCUT2D eigenvalue weighted by molar-refractivity contribution is -0.137. The molecule has 8 heteroatoms. The van der Waals surface area contributed by atoms with Gasteiger partial charge in [0.2, 0.25) is 0 Å². The second kappa shape index (κ2) is 5.69. The molecule has 26 heavy (non-hydrogen) atoms. The van der Waals surface area contributed by atoms with E-state index in [4.69, 9.17) is 0 Å². The highest BCUT2D eigenvalue weighted by molar-refractivity contribution is 5.94. The van der Waals surface area contributed by atoms with Gasteiger partial charge in [0.1, 0.15) is 5.82 Å². The highest BCUT2D eigenvalue weighted by atomic mass is 19.4. The normalized spacial score (nSPS) is 12.0. The van der Waals surface area contributed by atoms with E-state index in [0.29, 0.717) is 33.3 Å². The van der Waals surface area contributed by atoms with Crippen LogP contribution in [0, 0.1) is 11.6 Å². The summed E-state index contributed by atoms with van der Waals surface area (Å²) in [7, 11) is 0. The van der Waals surface area contributed by atoms with Crippen LogP contribution in [-0.2, 0) is 6.18 Å². The van der Waals surface area contributed by atoms with Crippen LogP contribution in [0.5, 0.6) is 0 Å². The Hall–Kier alpha value is -3.16. The summed E-state index contributed by atoms with van der Waals surface area (Å²) in [6.45, 7) is 0. The third-order valence-corrected chi connectivity index (χ3v) is 4.00. The van der Waals surface area contributed by atoms with Gasteiger partial charge in [0.25, 0.3) is 0 Å². The number of aromatic nitrogens is 2. The molecule has 0 saturated carbocycles. The van der Waals surface area contributed by atoms with Gasteiger partial charge in [-0.2, -0.15) is 13.2 Å². The first-order chi connectivity index (χ1) is 12.3. The third kappa shape index (κ3) is 2.83. The van der Waals surface area contributed by atoms with Gasteiger partial charge in [-0.25, -0.2) is 13.8 Å². The summed E-state index contributed by atoms with van der Waals surface area (Å²) in [6, 6.07) is 8.39. The predicted octanol–water partition coefficient (Wildman–Crippen LogP) is 5.76. The first-order valence-corrected chi connectivity index (χ1v) is 7.52. The topological polar surface area (TPSA) is 40.7 Å².